The summed E-state index contributed by atoms with van der Waals surface area (Å²) < 4.78 is 66.0. The maximum Gasteiger partial charge on any atom is 0.416 e. The quantitative estimate of drug-likeness (QED) is 0.615. The van der Waals surface area contributed by atoms with E-state index in [9.17, 15) is 21.6 Å². The van der Waals surface area contributed by atoms with Crippen LogP contribution in [0.4, 0.5) is 18.9 Å². The zero-order chi connectivity index (χ0) is 21.2. The van der Waals surface area contributed by atoms with E-state index in [0.717, 1.165) is 49.7 Å². The minimum absolute atomic E-state index is 0. The lowest BCUT2D eigenvalue weighted by atomic mass is 9.92. The average molecular weight is 463 g/mol. The Morgan fingerprint density at radius 2 is 1.80 bits per heavy atom. The number of rotatable bonds is 6. The van der Waals surface area contributed by atoms with Gasteiger partial charge in [0.2, 0.25) is 0 Å². The van der Waals surface area contributed by atoms with E-state index in [0.29, 0.717) is 23.7 Å². The topological polar surface area (TPSA) is 49.4 Å². The third-order valence-electron chi connectivity index (χ3n) is 5.46. The molecule has 0 bridgehead atoms. The van der Waals surface area contributed by atoms with Gasteiger partial charge in [-0.15, -0.1) is 12.4 Å². The van der Waals surface area contributed by atoms with Gasteiger partial charge in [0.25, 0.3) is 10.0 Å². The molecule has 1 aliphatic heterocycles. The molecule has 2 atom stereocenters. The fourth-order valence-electron chi connectivity index (χ4n) is 3.90. The maximum atomic E-state index is 12.9. The molecule has 0 radical (unpaired) electrons. The van der Waals surface area contributed by atoms with E-state index < -0.39 is 26.7 Å². The van der Waals surface area contributed by atoms with Gasteiger partial charge in [0.05, 0.1) is 10.5 Å². The second kappa shape index (κ2) is 9.58. The first-order valence-corrected chi connectivity index (χ1v) is 11.1. The first-order chi connectivity index (χ1) is 13.6. The Morgan fingerprint density at radius 1 is 1.13 bits per heavy atom. The molecule has 1 fully saturated rings. The number of benzene rings is 2. The predicted octanol–water partition coefficient (Wildman–Crippen LogP) is 5.52. The van der Waals surface area contributed by atoms with E-state index in [-0.39, 0.29) is 12.4 Å². The number of alkyl halides is 3. The first kappa shape index (κ1) is 24.5. The molecule has 2 aromatic rings. The molecule has 1 heterocycles. The molecule has 0 unspecified atom stereocenters. The largest absolute Gasteiger partial charge is 0.416 e. The molecule has 3 rings (SSSR count). The highest BCUT2D eigenvalue weighted by molar-refractivity contribution is 7.92. The number of hydrogen-bond donors (Lipinski definition) is 1. The Morgan fingerprint density at radius 3 is 2.40 bits per heavy atom. The standard InChI is InChI=1S/C21H25F3N2O2S.ClH/c1-3-12-26-13-11-20(15(26)2)16-7-9-18(10-8-16)25-29(27,28)19-6-4-5-17(14-19)21(22,23)24;/h4-10,14-15,20,25H,3,11-13H2,1-2H3;1H/t15-,20-;/m1./s1. The summed E-state index contributed by atoms with van der Waals surface area (Å²) in [5.74, 6) is 0.385. The van der Waals surface area contributed by atoms with E-state index in [1.54, 1.807) is 12.1 Å². The van der Waals surface area contributed by atoms with Crippen molar-refractivity contribution >= 4 is 28.1 Å². The second-order valence-electron chi connectivity index (χ2n) is 7.42. The van der Waals surface area contributed by atoms with Crippen molar-refractivity contribution in [2.45, 2.75) is 49.7 Å². The Bertz CT molecular complexity index is 949. The molecule has 2 aromatic carbocycles. The Kier molecular flexibility index (Phi) is 7.82. The van der Waals surface area contributed by atoms with Gasteiger partial charge in [-0.1, -0.05) is 25.1 Å². The van der Waals surface area contributed by atoms with Crippen molar-refractivity contribution < 1.29 is 21.6 Å². The maximum absolute atomic E-state index is 12.9. The summed E-state index contributed by atoms with van der Waals surface area (Å²) in [5.41, 5.74) is 0.461. The SMILES string of the molecule is CCCN1CC[C@@H](c2ccc(NS(=O)(=O)c3cccc(C(F)(F)F)c3)cc2)[C@H]1C.Cl. The van der Waals surface area contributed by atoms with E-state index in [1.807, 2.05) is 12.1 Å². The van der Waals surface area contributed by atoms with Crippen LogP contribution >= 0.6 is 12.4 Å². The molecule has 30 heavy (non-hydrogen) atoms. The van der Waals surface area contributed by atoms with Gasteiger partial charge in [0.1, 0.15) is 0 Å². The third kappa shape index (κ3) is 5.47. The van der Waals surface area contributed by atoms with Crippen LogP contribution < -0.4 is 4.72 Å². The first-order valence-electron chi connectivity index (χ1n) is 9.66. The zero-order valence-corrected chi connectivity index (χ0v) is 18.4. The van der Waals surface area contributed by atoms with Crippen LogP contribution in [0.25, 0.3) is 0 Å². The summed E-state index contributed by atoms with van der Waals surface area (Å²) in [5, 5.41) is 0. The van der Waals surface area contributed by atoms with Crippen molar-refractivity contribution in [3.63, 3.8) is 0 Å². The Labute approximate surface area is 181 Å². The van der Waals surface area contributed by atoms with Crippen LogP contribution in [0.1, 0.15) is 43.7 Å². The molecule has 0 aromatic heterocycles. The molecule has 166 valence electrons. The highest BCUT2D eigenvalue weighted by Gasteiger charge is 2.32. The van der Waals surface area contributed by atoms with Crippen molar-refractivity contribution in [3.8, 4) is 0 Å². The summed E-state index contributed by atoms with van der Waals surface area (Å²) >= 11 is 0. The normalized spacial score (nSPS) is 20.0. The van der Waals surface area contributed by atoms with Crippen LogP contribution in [0.15, 0.2) is 53.4 Å². The van der Waals surface area contributed by atoms with E-state index in [1.165, 1.54) is 0 Å². The number of nitrogens with zero attached hydrogens (tertiary/aromatic N) is 1. The fraction of sp³-hybridized carbons (Fsp3) is 0.429. The number of halogens is 4. The molecule has 0 saturated carbocycles. The number of nitrogens with one attached hydrogen (secondary N) is 1. The van der Waals surface area contributed by atoms with Gasteiger partial charge in [-0.05, 0) is 68.8 Å². The van der Waals surface area contributed by atoms with Crippen LogP contribution in [0.3, 0.4) is 0 Å². The average Bonchev–Trinajstić information content (AvgIpc) is 3.02. The molecule has 0 spiro atoms. The van der Waals surface area contributed by atoms with Crippen molar-refractivity contribution in [2.24, 2.45) is 0 Å². The van der Waals surface area contributed by atoms with E-state index in [4.69, 9.17) is 0 Å². The Hall–Kier alpha value is -1.77. The molecule has 0 aliphatic carbocycles. The summed E-state index contributed by atoms with van der Waals surface area (Å²) in [7, 11) is -4.11. The molecule has 1 aliphatic rings. The lowest BCUT2D eigenvalue weighted by Crippen LogP contribution is -2.30. The van der Waals surface area contributed by atoms with Gasteiger partial charge >= 0.3 is 6.18 Å². The Balaban J connectivity index is 0.00000320. The molecule has 9 heteroatoms. The number of anilines is 1. The number of likely N-dealkylation sites (tertiary alicyclic amines) is 1. The summed E-state index contributed by atoms with van der Waals surface area (Å²) in [4.78, 5) is 2.03. The summed E-state index contributed by atoms with van der Waals surface area (Å²) in [6, 6.07) is 11.2. The monoisotopic (exact) mass is 462 g/mol. The van der Waals surface area contributed by atoms with Gasteiger partial charge in [-0.2, -0.15) is 13.2 Å². The molecule has 1 saturated heterocycles. The lowest BCUT2D eigenvalue weighted by molar-refractivity contribution is -0.137. The molecular weight excluding hydrogens is 437 g/mol. The minimum atomic E-state index is -4.60. The lowest BCUT2D eigenvalue weighted by Gasteiger charge is -2.24. The second-order valence-corrected chi connectivity index (χ2v) is 9.11. The third-order valence-corrected chi connectivity index (χ3v) is 6.84. The number of hydrogen-bond acceptors (Lipinski definition) is 3. The highest BCUT2D eigenvalue weighted by Crippen LogP contribution is 2.34. The van der Waals surface area contributed by atoms with Crippen LogP contribution in [0, 0.1) is 0 Å². The molecule has 1 N–H and O–H groups in total. The minimum Gasteiger partial charge on any atom is -0.300 e. The van der Waals surface area contributed by atoms with Gasteiger partial charge in [-0.25, -0.2) is 8.42 Å². The van der Waals surface area contributed by atoms with Gasteiger partial charge in [0.15, 0.2) is 0 Å². The molecule has 0 amide bonds. The number of sulfonamides is 1. The van der Waals surface area contributed by atoms with Gasteiger partial charge in [-0.3, -0.25) is 4.72 Å². The van der Waals surface area contributed by atoms with Gasteiger partial charge < -0.3 is 4.90 Å². The molecule has 4 nitrogen and oxygen atoms in total. The van der Waals surface area contributed by atoms with Crippen LogP contribution in [-0.4, -0.2) is 32.4 Å². The molecular formula is C21H26ClF3N2O2S. The summed E-state index contributed by atoms with van der Waals surface area (Å²) in [6.07, 6.45) is -2.44. The highest BCUT2D eigenvalue weighted by atomic mass is 35.5. The van der Waals surface area contributed by atoms with Crippen molar-refractivity contribution in [3.05, 3.63) is 59.7 Å². The smallest absolute Gasteiger partial charge is 0.300 e. The van der Waals surface area contributed by atoms with Crippen LogP contribution in [0.5, 0.6) is 0 Å². The van der Waals surface area contributed by atoms with E-state index in [2.05, 4.69) is 23.5 Å². The van der Waals surface area contributed by atoms with E-state index >= 15 is 0 Å². The predicted molar refractivity (Wildman–Crippen MR) is 115 cm³/mol. The fourth-order valence-corrected chi connectivity index (χ4v) is 5.01. The summed E-state index contributed by atoms with van der Waals surface area (Å²) in [6.45, 7) is 6.47. The van der Waals surface area contributed by atoms with Crippen LogP contribution in [-0.2, 0) is 16.2 Å². The zero-order valence-electron chi connectivity index (χ0n) is 16.8. The van der Waals surface area contributed by atoms with Gasteiger partial charge in [0, 0.05) is 17.6 Å². The van der Waals surface area contributed by atoms with Crippen molar-refractivity contribution in [1.29, 1.82) is 0 Å². The van der Waals surface area contributed by atoms with Crippen molar-refractivity contribution in [2.75, 3.05) is 17.8 Å². The van der Waals surface area contributed by atoms with Crippen molar-refractivity contribution in [1.82, 2.24) is 4.90 Å². The van der Waals surface area contributed by atoms with Crippen LogP contribution in [0.2, 0.25) is 0 Å².